The van der Waals surface area contributed by atoms with E-state index in [-0.39, 0.29) is 5.97 Å². The lowest BCUT2D eigenvalue weighted by Gasteiger charge is -2.23. The molecular weight excluding hydrogens is 366 g/mol. The summed E-state index contributed by atoms with van der Waals surface area (Å²) in [6.45, 7) is 2.50. The van der Waals surface area contributed by atoms with Crippen LogP contribution in [0, 0.1) is 0 Å². The molecule has 0 atom stereocenters. The first-order valence-corrected chi connectivity index (χ1v) is 10.4. The summed E-state index contributed by atoms with van der Waals surface area (Å²) in [5.74, 6) is -0.295. The molecule has 2 aromatic rings. The van der Waals surface area contributed by atoms with Crippen molar-refractivity contribution in [3.63, 3.8) is 0 Å². The van der Waals surface area contributed by atoms with Crippen LogP contribution in [0.3, 0.4) is 0 Å². The second-order valence-corrected chi connectivity index (χ2v) is 7.57. The normalized spacial score (nSPS) is 13.0. The number of allylic oxidation sites excluding steroid dienone is 3. The minimum Gasteiger partial charge on any atom is -0.465 e. The van der Waals surface area contributed by atoms with Gasteiger partial charge in [0, 0.05) is 17.1 Å². The van der Waals surface area contributed by atoms with Crippen LogP contribution in [0.2, 0.25) is 0 Å². The molecule has 3 rings (SSSR count). The predicted molar refractivity (Wildman–Crippen MR) is 117 cm³/mol. The number of ether oxygens (including phenoxy) is 1. The third kappa shape index (κ3) is 4.74. The Balaban J connectivity index is 2.09. The summed E-state index contributed by atoms with van der Waals surface area (Å²) in [5.41, 5.74) is 9.24. The first-order valence-electron chi connectivity index (χ1n) is 9.59. The van der Waals surface area contributed by atoms with Crippen molar-refractivity contribution in [2.75, 3.05) is 18.6 Å². The third-order valence-corrected chi connectivity index (χ3v) is 5.83. The second-order valence-electron chi connectivity index (χ2n) is 6.52. The molecular formula is C24H25NO2S. The zero-order valence-electron chi connectivity index (χ0n) is 16.4. The topological polar surface area (TPSA) is 29.5 Å². The summed E-state index contributed by atoms with van der Waals surface area (Å²) in [6.07, 6.45) is 10.7. The van der Waals surface area contributed by atoms with Crippen LogP contribution in [-0.4, -0.2) is 19.6 Å². The predicted octanol–water partition coefficient (Wildman–Crippen LogP) is 6.52. The molecule has 1 aromatic heterocycles. The van der Waals surface area contributed by atoms with E-state index in [4.69, 9.17) is 4.74 Å². The highest BCUT2D eigenvalue weighted by atomic mass is 32.1. The van der Waals surface area contributed by atoms with Crippen molar-refractivity contribution in [1.82, 2.24) is 0 Å². The van der Waals surface area contributed by atoms with Gasteiger partial charge in [-0.2, -0.15) is 0 Å². The van der Waals surface area contributed by atoms with E-state index in [1.807, 2.05) is 49.4 Å². The molecule has 28 heavy (non-hydrogen) atoms. The Kier molecular flexibility index (Phi) is 7.11. The Morgan fingerprint density at radius 2 is 2.07 bits per heavy atom. The van der Waals surface area contributed by atoms with Crippen molar-refractivity contribution < 1.29 is 9.53 Å². The molecule has 4 heteroatoms. The van der Waals surface area contributed by atoms with E-state index in [0.29, 0.717) is 11.4 Å². The fourth-order valence-electron chi connectivity index (χ4n) is 3.27. The standard InChI is InChI=1S/C24H25NO2S/c1-3-4-5-12-17-25(20-15-10-7-11-16-20)21-18-22(19-13-8-6-9-14-19)28-23(21)24(26)27-2/h3,7,10-13,15-16,18H,6,8-9,14,17H2,1-2H3. The number of nitrogens with zero attached hydrogens (tertiary/aromatic N) is 1. The summed E-state index contributed by atoms with van der Waals surface area (Å²) < 4.78 is 5.09. The average molecular weight is 392 g/mol. The third-order valence-electron chi connectivity index (χ3n) is 4.65. The number of anilines is 2. The number of carbonyl (C=O) groups excluding carboxylic acids is 1. The quantitative estimate of drug-likeness (QED) is 0.415. The van der Waals surface area contributed by atoms with E-state index in [9.17, 15) is 4.79 Å². The fraction of sp³-hybridized carbons (Fsp3) is 0.292. The number of para-hydroxylation sites is 1. The molecule has 144 valence electrons. The van der Waals surface area contributed by atoms with Crippen LogP contribution in [0.15, 0.2) is 66.1 Å². The monoisotopic (exact) mass is 391 g/mol. The highest BCUT2D eigenvalue weighted by molar-refractivity contribution is 7.15. The highest BCUT2D eigenvalue weighted by Crippen LogP contribution is 2.40. The number of esters is 1. The lowest BCUT2D eigenvalue weighted by molar-refractivity contribution is 0.0607. The van der Waals surface area contributed by atoms with Crippen LogP contribution in [0.5, 0.6) is 0 Å². The molecule has 0 saturated carbocycles. The van der Waals surface area contributed by atoms with Gasteiger partial charge >= 0.3 is 5.97 Å². The van der Waals surface area contributed by atoms with Crippen LogP contribution < -0.4 is 4.90 Å². The molecule has 0 N–H and O–H groups in total. The number of hydrogen-bond donors (Lipinski definition) is 0. The van der Waals surface area contributed by atoms with Crippen molar-refractivity contribution in [2.45, 2.75) is 32.6 Å². The van der Waals surface area contributed by atoms with E-state index >= 15 is 0 Å². The fourth-order valence-corrected chi connectivity index (χ4v) is 4.42. The van der Waals surface area contributed by atoms with Crippen molar-refractivity contribution >= 4 is 34.3 Å². The average Bonchev–Trinajstić information content (AvgIpc) is 3.19. The molecule has 1 heterocycles. The van der Waals surface area contributed by atoms with Gasteiger partial charge in [0.2, 0.25) is 0 Å². The largest absolute Gasteiger partial charge is 0.465 e. The SMILES string of the molecule is CC=C=C=CCN(c1ccccc1)c1cc(C2=CCCCC2)sc1C(=O)OC. The molecule has 1 aliphatic carbocycles. The van der Waals surface area contributed by atoms with Crippen molar-refractivity contribution in [2.24, 2.45) is 0 Å². The molecule has 0 saturated heterocycles. The summed E-state index contributed by atoms with van der Waals surface area (Å²) in [6, 6.07) is 12.2. The Morgan fingerprint density at radius 1 is 1.25 bits per heavy atom. The molecule has 0 fully saturated rings. The van der Waals surface area contributed by atoms with Gasteiger partial charge in [-0.3, -0.25) is 0 Å². The first kappa shape index (κ1) is 20.0. The maximum atomic E-state index is 12.5. The first-order chi connectivity index (χ1) is 13.7. The molecule has 0 spiro atoms. The number of hydrogen-bond acceptors (Lipinski definition) is 4. The smallest absolute Gasteiger partial charge is 0.350 e. The number of thiophene rings is 1. The van der Waals surface area contributed by atoms with E-state index in [1.165, 1.54) is 36.9 Å². The highest BCUT2D eigenvalue weighted by Gasteiger charge is 2.23. The molecule has 1 aromatic carbocycles. The maximum absolute atomic E-state index is 12.5. The second kappa shape index (κ2) is 9.96. The van der Waals surface area contributed by atoms with E-state index in [2.05, 4.69) is 28.5 Å². The summed E-state index contributed by atoms with van der Waals surface area (Å²) in [4.78, 5) is 16.5. The molecule has 0 bridgehead atoms. The van der Waals surface area contributed by atoms with Crippen molar-refractivity contribution in [3.05, 3.63) is 75.8 Å². The van der Waals surface area contributed by atoms with Crippen LogP contribution in [-0.2, 0) is 4.74 Å². The number of rotatable bonds is 6. The molecule has 0 unspecified atom stereocenters. The van der Waals surface area contributed by atoms with Gasteiger partial charge in [0.1, 0.15) is 4.88 Å². The molecule has 0 radical (unpaired) electrons. The van der Waals surface area contributed by atoms with Gasteiger partial charge in [-0.15, -0.1) is 11.3 Å². The van der Waals surface area contributed by atoms with Gasteiger partial charge < -0.3 is 9.64 Å². The van der Waals surface area contributed by atoms with Gasteiger partial charge in [-0.05, 0) is 68.5 Å². The van der Waals surface area contributed by atoms with Gasteiger partial charge in [-0.25, -0.2) is 4.79 Å². The van der Waals surface area contributed by atoms with Gasteiger partial charge in [0.25, 0.3) is 0 Å². The van der Waals surface area contributed by atoms with E-state index in [0.717, 1.165) is 29.1 Å². The Labute approximate surface area is 171 Å². The molecule has 0 aliphatic heterocycles. The molecule has 1 aliphatic rings. The number of carbonyl (C=O) groups is 1. The van der Waals surface area contributed by atoms with Crippen LogP contribution in [0.4, 0.5) is 11.4 Å². The number of methoxy groups -OCH3 is 1. The van der Waals surface area contributed by atoms with Crippen molar-refractivity contribution in [1.29, 1.82) is 0 Å². The summed E-state index contributed by atoms with van der Waals surface area (Å²) in [7, 11) is 1.44. The Hall–Kier alpha value is -2.77. The zero-order chi connectivity index (χ0) is 19.8. The minimum absolute atomic E-state index is 0.295. The van der Waals surface area contributed by atoms with Crippen LogP contribution >= 0.6 is 11.3 Å². The lowest BCUT2D eigenvalue weighted by Crippen LogP contribution is -2.18. The molecule has 0 amide bonds. The minimum atomic E-state index is -0.295. The van der Waals surface area contributed by atoms with Gasteiger partial charge in [0.05, 0.1) is 12.8 Å². The number of benzene rings is 1. The van der Waals surface area contributed by atoms with Gasteiger partial charge in [-0.1, -0.05) is 35.7 Å². The maximum Gasteiger partial charge on any atom is 0.350 e. The summed E-state index contributed by atoms with van der Waals surface area (Å²) >= 11 is 1.52. The van der Waals surface area contributed by atoms with Crippen LogP contribution in [0.1, 0.15) is 47.2 Å². The van der Waals surface area contributed by atoms with Crippen molar-refractivity contribution in [3.8, 4) is 0 Å². The van der Waals surface area contributed by atoms with Gasteiger partial charge in [0.15, 0.2) is 0 Å². The van der Waals surface area contributed by atoms with E-state index < -0.39 is 0 Å². The lowest BCUT2D eigenvalue weighted by atomic mass is 9.98. The Bertz CT molecular complexity index is 942. The van der Waals surface area contributed by atoms with E-state index in [1.54, 1.807) is 0 Å². The Morgan fingerprint density at radius 3 is 2.75 bits per heavy atom. The molecule has 3 nitrogen and oxygen atoms in total. The summed E-state index contributed by atoms with van der Waals surface area (Å²) in [5, 5.41) is 0. The zero-order valence-corrected chi connectivity index (χ0v) is 17.2. The van der Waals surface area contributed by atoms with Crippen LogP contribution in [0.25, 0.3) is 5.57 Å².